The van der Waals surface area contributed by atoms with Crippen LogP contribution in [-0.4, -0.2) is 30.5 Å². The van der Waals surface area contributed by atoms with E-state index in [1.54, 1.807) is 0 Å². The van der Waals surface area contributed by atoms with Crippen LogP contribution in [0.25, 0.3) is 0 Å². The summed E-state index contributed by atoms with van der Waals surface area (Å²) < 4.78 is 36.2. The minimum atomic E-state index is -4.20. The third kappa shape index (κ3) is 5.16. The fourth-order valence-corrected chi connectivity index (χ4v) is 2.34. The molecule has 5 heteroatoms. The number of hydrogen-bond acceptors (Lipinski definition) is 2. The molecule has 1 aliphatic carbocycles. The molecule has 1 aliphatic rings. The summed E-state index contributed by atoms with van der Waals surface area (Å²) in [6.07, 6.45) is 2.11. The molecule has 1 atom stereocenters. The zero-order valence-corrected chi connectivity index (χ0v) is 9.39. The molecular formula is C11H20F3NO. The molecule has 0 bridgehead atoms. The van der Waals surface area contributed by atoms with Gasteiger partial charge in [0.15, 0.2) is 0 Å². The smallest absolute Gasteiger partial charge is 0.395 e. The van der Waals surface area contributed by atoms with Crippen LogP contribution in [0.5, 0.6) is 0 Å². The van der Waals surface area contributed by atoms with Crippen LogP contribution in [0, 0.1) is 5.92 Å². The minimum absolute atomic E-state index is 0.190. The molecule has 2 N–H and O–H groups in total. The van der Waals surface area contributed by atoms with Gasteiger partial charge in [-0.3, -0.25) is 0 Å². The van der Waals surface area contributed by atoms with Crippen LogP contribution in [-0.2, 0) is 0 Å². The molecule has 16 heavy (non-hydrogen) atoms. The van der Waals surface area contributed by atoms with Crippen molar-refractivity contribution < 1.29 is 18.3 Å². The van der Waals surface area contributed by atoms with Crippen molar-refractivity contribution in [3.8, 4) is 0 Å². The molecule has 1 rings (SSSR count). The van der Waals surface area contributed by atoms with E-state index in [0.29, 0.717) is 0 Å². The lowest BCUT2D eigenvalue weighted by Crippen LogP contribution is -2.43. The lowest BCUT2D eigenvalue weighted by Gasteiger charge is -2.26. The van der Waals surface area contributed by atoms with Gasteiger partial charge in [-0.1, -0.05) is 25.7 Å². The van der Waals surface area contributed by atoms with Crippen LogP contribution < -0.4 is 5.32 Å². The second-order valence-corrected chi connectivity index (χ2v) is 4.54. The number of halogens is 3. The summed E-state index contributed by atoms with van der Waals surface area (Å²) in [5, 5.41) is 11.6. The van der Waals surface area contributed by atoms with E-state index in [9.17, 15) is 13.2 Å². The third-order valence-electron chi connectivity index (χ3n) is 3.23. The molecule has 1 fully saturated rings. The van der Waals surface area contributed by atoms with Gasteiger partial charge in [-0.15, -0.1) is 0 Å². The Labute approximate surface area is 94.2 Å². The number of alkyl halides is 3. The summed E-state index contributed by atoms with van der Waals surface area (Å²) in [5.41, 5.74) is 0. The molecule has 0 amide bonds. The zero-order chi connectivity index (χ0) is 12.0. The van der Waals surface area contributed by atoms with Gasteiger partial charge in [0.1, 0.15) is 0 Å². The van der Waals surface area contributed by atoms with Crippen LogP contribution in [0.15, 0.2) is 0 Å². The fraction of sp³-hybridized carbons (Fsp3) is 1.00. The van der Waals surface area contributed by atoms with Crippen molar-refractivity contribution >= 4 is 0 Å². The standard InChI is InChI=1S/C11H20F3NO/c12-11(13,14)8-15-10(7-16)9-5-3-1-2-4-6-9/h9-10,15-16H,1-8H2. The number of rotatable bonds is 4. The average Bonchev–Trinajstić information content (AvgIpc) is 2.46. The fourth-order valence-electron chi connectivity index (χ4n) is 2.34. The van der Waals surface area contributed by atoms with E-state index in [1.807, 2.05) is 0 Å². The van der Waals surface area contributed by atoms with Crippen LogP contribution in [0.3, 0.4) is 0 Å². The topological polar surface area (TPSA) is 32.3 Å². The maximum Gasteiger partial charge on any atom is 0.401 e. The predicted molar refractivity (Wildman–Crippen MR) is 56.1 cm³/mol. The Kier molecular flexibility index (Phi) is 5.55. The van der Waals surface area contributed by atoms with Crippen molar-refractivity contribution in [3.05, 3.63) is 0 Å². The van der Waals surface area contributed by atoms with Crippen molar-refractivity contribution in [2.75, 3.05) is 13.2 Å². The van der Waals surface area contributed by atoms with Crippen molar-refractivity contribution in [2.24, 2.45) is 5.92 Å². The van der Waals surface area contributed by atoms with Gasteiger partial charge in [-0.05, 0) is 18.8 Å². The second kappa shape index (κ2) is 6.45. The monoisotopic (exact) mass is 239 g/mol. The van der Waals surface area contributed by atoms with Gasteiger partial charge >= 0.3 is 6.18 Å². The van der Waals surface area contributed by atoms with E-state index in [-0.39, 0.29) is 12.5 Å². The molecule has 96 valence electrons. The normalized spacial score (nSPS) is 21.8. The van der Waals surface area contributed by atoms with E-state index in [0.717, 1.165) is 38.5 Å². The molecule has 1 saturated carbocycles. The highest BCUT2D eigenvalue weighted by Crippen LogP contribution is 2.26. The molecule has 0 aromatic heterocycles. The SMILES string of the molecule is OCC(NCC(F)(F)F)C1CCCCCC1. The first-order valence-electron chi connectivity index (χ1n) is 5.94. The van der Waals surface area contributed by atoms with Crippen LogP contribution in [0.4, 0.5) is 13.2 Å². The summed E-state index contributed by atoms with van der Waals surface area (Å²) in [7, 11) is 0. The molecule has 0 heterocycles. The van der Waals surface area contributed by atoms with Gasteiger partial charge in [-0.25, -0.2) is 0 Å². The molecule has 0 saturated heterocycles. The first-order valence-corrected chi connectivity index (χ1v) is 5.94. The van der Waals surface area contributed by atoms with Gasteiger partial charge in [-0.2, -0.15) is 13.2 Å². The summed E-state index contributed by atoms with van der Waals surface area (Å²) in [6, 6.07) is -0.403. The van der Waals surface area contributed by atoms with Crippen molar-refractivity contribution in [1.82, 2.24) is 5.32 Å². The molecule has 0 aliphatic heterocycles. The Balaban J connectivity index is 2.39. The number of hydrogen-bond donors (Lipinski definition) is 2. The van der Waals surface area contributed by atoms with Crippen LogP contribution in [0.1, 0.15) is 38.5 Å². The first-order chi connectivity index (χ1) is 7.53. The van der Waals surface area contributed by atoms with Gasteiger partial charge in [0.05, 0.1) is 13.2 Å². The molecule has 1 unspecified atom stereocenters. The van der Waals surface area contributed by atoms with Crippen LogP contribution in [0.2, 0.25) is 0 Å². The van der Waals surface area contributed by atoms with Crippen molar-refractivity contribution in [1.29, 1.82) is 0 Å². The van der Waals surface area contributed by atoms with E-state index in [2.05, 4.69) is 5.32 Å². The summed E-state index contributed by atoms with van der Waals surface area (Å²) in [4.78, 5) is 0. The molecule has 0 aromatic rings. The van der Waals surface area contributed by atoms with Gasteiger partial charge in [0.25, 0.3) is 0 Å². The maximum atomic E-state index is 12.1. The Morgan fingerprint density at radius 1 is 1.12 bits per heavy atom. The molecule has 2 nitrogen and oxygen atoms in total. The van der Waals surface area contributed by atoms with E-state index in [1.165, 1.54) is 0 Å². The first kappa shape index (κ1) is 13.8. The predicted octanol–water partition coefficient (Wildman–Crippen LogP) is 2.47. The highest BCUT2D eigenvalue weighted by molar-refractivity contribution is 4.78. The Hall–Kier alpha value is -0.290. The van der Waals surface area contributed by atoms with Crippen molar-refractivity contribution in [2.45, 2.75) is 50.7 Å². The molecular weight excluding hydrogens is 219 g/mol. The summed E-state index contributed by atoms with van der Waals surface area (Å²) >= 11 is 0. The Bertz CT molecular complexity index is 188. The van der Waals surface area contributed by atoms with Gasteiger partial charge in [0, 0.05) is 6.04 Å². The van der Waals surface area contributed by atoms with E-state index < -0.39 is 18.8 Å². The molecule has 0 radical (unpaired) electrons. The summed E-state index contributed by atoms with van der Waals surface area (Å²) in [6.45, 7) is -1.21. The van der Waals surface area contributed by atoms with E-state index in [4.69, 9.17) is 5.11 Å². The largest absolute Gasteiger partial charge is 0.401 e. The lowest BCUT2D eigenvalue weighted by molar-refractivity contribution is -0.127. The average molecular weight is 239 g/mol. The molecule has 0 aromatic carbocycles. The summed E-state index contributed by atoms with van der Waals surface area (Å²) in [5.74, 6) is 0.190. The zero-order valence-electron chi connectivity index (χ0n) is 9.39. The van der Waals surface area contributed by atoms with Crippen LogP contribution >= 0.6 is 0 Å². The minimum Gasteiger partial charge on any atom is -0.395 e. The third-order valence-corrected chi connectivity index (χ3v) is 3.23. The maximum absolute atomic E-state index is 12.1. The Morgan fingerprint density at radius 3 is 2.12 bits per heavy atom. The molecule has 0 spiro atoms. The number of nitrogens with one attached hydrogen (secondary N) is 1. The van der Waals surface area contributed by atoms with Gasteiger partial charge < -0.3 is 10.4 Å². The number of aliphatic hydroxyl groups is 1. The second-order valence-electron chi connectivity index (χ2n) is 4.54. The lowest BCUT2D eigenvalue weighted by atomic mass is 9.92. The Morgan fingerprint density at radius 2 is 1.69 bits per heavy atom. The quantitative estimate of drug-likeness (QED) is 0.739. The van der Waals surface area contributed by atoms with Gasteiger partial charge in [0.2, 0.25) is 0 Å². The van der Waals surface area contributed by atoms with E-state index >= 15 is 0 Å². The highest BCUT2D eigenvalue weighted by atomic mass is 19.4. The number of aliphatic hydroxyl groups excluding tert-OH is 1. The highest BCUT2D eigenvalue weighted by Gasteiger charge is 2.30. The van der Waals surface area contributed by atoms with Crippen molar-refractivity contribution in [3.63, 3.8) is 0 Å².